The highest BCUT2D eigenvalue weighted by atomic mass is 16.5. The fourth-order valence-corrected chi connectivity index (χ4v) is 1.80. The molecule has 2 aromatic rings. The fraction of sp³-hybridized carbons (Fsp3) is 0.250. The van der Waals surface area contributed by atoms with Crippen LogP contribution in [0.5, 0.6) is 5.75 Å². The summed E-state index contributed by atoms with van der Waals surface area (Å²) in [6.07, 6.45) is 1.61. The molecule has 16 heavy (non-hydrogen) atoms. The Hall–Kier alpha value is -1.97. The summed E-state index contributed by atoms with van der Waals surface area (Å²) in [5.74, 6) is -0.219. The fourth-order valence-electron chi connectivity index (χ4n) is 1.80. The van der Waals surface area contributed by atoms with E-state index in [9.17, 15) is 4.79 Å². The van der Waals surface area contributed by atoms with Crippen molar-refractivity contribution in [1.82, 2.24) is 4.57 Å². The molecule has 0 aliphatic carbocycles. The minimum absolute atomic E-state index is 0.305. The molecule has 2 rings (SSSR count). The van der Waals surface area contributed by atoms with Crippen molar-refractivity contribution < 1.29 is 14.6 Å². The van der Waals surface area contributed by atoms with Crippen LogP contribution in [0.3, 0.4) is 0 Å². The van der Waals surface area contributed by atoms with Crippen molar-refractivity contribution in [3.8, 4) is 5.75 Å². The molecule has 0 aliphatic rings. The predicted octanol–water partition coefficient (Wildman–Crippen LogP) is 2.28. The van der Waals surface area contributed by atoms with Gasteiger partial charge in [0.15, 0.2) is 0 Å². The van der Waals surface area contributed by atoms with Crippen LogP contribution >= 0.6 is 0 Å². The van der Waals surface area contributed by atoms with Crippen molar-refractivity contribution >= 4 is 16.9 Å². The molecule has 1 aromatic heterocycles. The Morgan fingerprint density at radius 1 is 1.50 bits per heavy atom. The number of carboxylic acids is 1. The highest BCUT2D eigenvalue weighted by Gasteiger charge is 2.13. The van der Waals surface area contributed by atoms with Crippen LogP contribution in [0.15, 0.2) is 24.4 Å². The zero-order chi connectivity index (χ0) is 11.7. The van der Waals surface area contributed by atoms with Gasteiger partial charge in [0, 0.05) is 24.1 Å². The van der Waals surface area contributed by atoms with Gasteiger partial charge in [0.2, 0.25) is 0 Å². The van der Waals surface area contributed by atoms with Gasteiger partial charge in [-0.3, -0.25) is 0 Å². The summed E-state index contributed by atoms with van der Waals surface area (Å²) in [5.41, 5.74) is 1.19. The first-order chi connectivity index (χ1) is 7.63. The van der Waals surface area contributed by atoms with Gasteiger partial charge in [-0.05, 0) is 25.1 Å². The summed E-state index contributed by atoms with van der Waals surface area (Å²) in [5, 5.41) is 9.77. The number of carbonyl (C=O) groups is 1. The second kappa shape index (κ2) is 3.89. The molecular formula is C12H13NO3. The Morgan fingerprint density at radius 3 is 2.88 bits per heavy atom. The average molecular weight is 219 g/mol. The quantitative estimate of drug-likeness (QED) is 0.861. The molecule has 84 valence electrons. The zero-order valence-corrected chi connectivity index (χ0v) is 9.23. The maximum absolute atomic E-state index is 11.0. The SMILES string of the molecule is CCOc1ccc2c(c1)c(C(=O)O)cn2C. The molecule has 0 atom stereocenters. The van der Waals surface area contributed by atoms with Gasteiger partial charge >= 0.3 is 5.97 Å². The highest BCUT2D eigenvalue weighted by molar-refractivity contribution is 6.03. The van der Waals surface area contributed by atoms with E-state index in [1.54, 1.807) is 16.8 Å². The van der Waals surface area contributed by atoms with Crippen molar-refractivity contribution in [3.05, 3.63) is 30.0 Å². The molecule has 4 nitrogen and oxygen atoms in total. The number of aryl methyl sites for hydroxylation is 1. The van der Waals surface area contributed by atoms with E-state index < -0.39 is 5.97 Å². The van der Waals surface area contributed by atoms with Gasteiger partial charge in [0.05, 0.1) is 12.2 Å². The van der Waals surface area contributed by atoms with E-state index in [0.29, 0.717) is 23.3 Å². The van der Waals surface area contributed by atoms with Crippen LogP contribution in [0, 0.1) is 0 Å². The molecule has 0 unspecified atom stereocenters. The highest BCUT2D eigenvalue weighted by Crippen LogP contribution is 2.25. The number of fused-ring (bicyclic) bond motifs is 1. The lowest BCUT2D eigenvalue weighted by Crippen LogP contribution is -1.95. The molecular weight excluding hydrogens is 206 g/mol. The van der Waals surface area contributed by atoms with Crippen LogP contribution in [-0.2, 0) is 7.05 Å². The number of ether oxygens (including phenoxy) is 1. The largest absolute Gasteiger partial charge is 0.494 e. The minimum atomic E-state index is -0.917. The summed E-state index contributed by atoms with van der Waals surface area (Å²) < 4.78 is 7.16. The second-order valence-corrected chi connectivity index (χ2v) is 3.57. The van der Waals surface area contributed by atoms with Crippen LogP contribution in [0.25, 0.3) is 10.9 Å². The van der Waals surface area contributed by atoms with Crippen molar-refractivity contribution in [2.75, 3.05) is 6.61 Å². The maximum Gasteiger partial charge on any atom is 0.337 e. The molecule has 0 bridgehead atoms. The number of nitrogens with zero attached hydrogens (tertiary/aromatic N) is 1. The number of aromatic carboxylic acids is 1. The van der Waals surface area contributed by atoms with Gasteiger partial charge in [-0.15, -0.1) is 0 Å². The lowest BCUT2D eigenvalue weighted by atomic mass is 10.1. The molecule has 1 N–H and O–H groups in total. The molecule has 0 amide bonds. The Kier molecular flexibility index (Phi) is 2.56. The number of aromatic nitrogens is 1. The summed E-state index contributed by atoms with van der Waals surface area (Å²) in [6.45, 7) is 2.47. The van der Waals surface area contributed by atoms with Gasteiger partial charge in [-0.2, -0.15) is 0 Å². The number of carboxylic acid groups (broad SMARTS) is 1. The number of benzene rings is 1. The Bertz CT molecular complexity index is 542. The molecule has 0 aliphatic heterocycles. The maximum atomic E-state index is 11.0. The van der Waals surface area contributed by atoms with E-state index in [2.05, 4.69) is 0 Å². The van der Waals surface area contributed by atoms with Crippen molar-refractivity contribution in [3.63, 3.8) is 0 Å². The lowest BCUT2D eigenvalue weighted by Gasteiger charge is -2.03. The summed E-state index contributed by atoms with van der Waals surface area (Å²) >= 11 is 0. The average Bonchev–Trinajstić information content (AvgIpc) is 2.57. The number of rotatable bonds is 3. The van der Waals surface area contributed by atoms with Gasteiger partial charge in [0.25, 0.3) is 0 Å². The number of hydrogen-bond donors (Lipinski definition) is 1. The summed E-state index contributed by atoms with van der Waals surface area (Å²) in [4.78, 5) is 11.0. The Labute approximate surface area is 93.1 Å². The normalized spacial score (nSPS) is 10.6. The zero-order valence-electron chi connectivity index (χ0n) is 9.23. The van der Waals surface area contributed by atoms with Gasteiger partial charge in [0.1, 0.15) is 5.75 Å². The first-order valence-corrected chi connectivity index (χ1v) is 5.08. The van der Waals surface area contributed by atoms with Crippen molar-refractivity contribution in [1.29, 1.82) is 0 Å². The molecule has 1 aromatic carbocycles. The molecule has 0 radical (unpaired) electrons. The topological polar surface area (TPSA) is 51.5 Å². The minimum Gasteiger partial charge on any atom is -0.494 e. The molecule has 1 heterocycles. The summed E-state index contributed by atoms with van der Waals surface area (Å²) in [7, 11) is 1.83. The summed E-state index contributed by atoms with van der Waals surface area (Å²) in [6, 6.07) is 5.48. The molecule has 0 saturated carbocycles. The van der Waals surface area contributed by atoms with Crippen LogP contribution in [0.2, 0.25) is 0 Å². The van der Waals surface area contributed by atoms with Gasteiger partial charge < -0.3 is 14.4 Å². The van der Waals surface area contributed by atoms with Crippen molar-refractivity contribution in [2.45, 2.75) is 6.92 Å². The van der Waals surface area contributed by atoms with Gasteiger partial charge in [-0.1, -0.05) is 0 Å². The van der Waals surface area contributed by atoms with E-state index in [0.717, 1.165) is 5.52 Å². The standard InChI is InChI=1S/C12H13NO3/c1-3-16-8-4-5-11-9(6-8)10(12(14)15)7-13(11)2/h4-7H,3H2,1-2H3,(H,14,15). The molecule has 0 fully saturated rings. The van der Waals surface area contributed by atoms with Crippen LogP contribution in [0.1, 0.15) is 17.3 Å². The lowest BCUT2D eigenvalue weighted by molar-refractivity contribution is 0.0699. The van der Waals surface area contributed by atoms with Crippen LogP contribution in [0.4, 0.5) is 0 Å². The van der Waals surface area contributed by atoms with E-state index in [4.69, 9.17) is 9.84 Å². The van der Waals surface area contributed by atoms with E-state index in [-0.39, 0.29) is 0 Å². The van der Waals surface area contributed by atoms with E-state index in [1.165, 1.54) is 0 Å². The van der Waals surface area contributed by atoms with Crippen LogP contribution < -0.4 is 4.74 Å². The third-order valence-corrected chi connectivity index (χ3v) is 2.50. The van der Waals surface area contributed by atoms with Gasteiger partial charge in [-0.25, -0.2) is 4.79 Å². The third-order valence-electron chi connectivity index (χ3n) is 2.50. The Morgan fingerprint density at radius 2 is 2.25 bits per heavy atom. The first-order valence-electron chi connectivity index (χ1n) is 5.08. The number of hydrogen-bond acceptors (Lipinski definition) is 2. The smallest absolute Gasteiger partial charge is 0.337 e. The molecule has 0 spiro atoms. The first kappa shape index (κ1) is 10.5. The van der Waals surface area contributed by atoms with Crippen molar-refractivity contribution in [2.24, 2.45) is 7.05 Å². The predicted molar refractivity (Wildman–Crippen MR) is 61.0 cm³/mol. The second-order valence-electron chi connectivity index (χ2n) is 3.57. The van der Waals surface area contributed by atoms with Crippen LogP contribution in [-0.4, -0.2) is 22.2 Å². The Balaban J connectivity index is 2.64. The molecule has 0 saturated heterocycles. The third kappa shape index (κ3) is 1.62. The molecule has 4 heteroatoms. The van der Waals surface area contributed by atoms with E-state index in [1.807, 2.05) is 26.1 Å². The monoisotopic (exact) mass is 219 g/mol. The van der Waals surface area contributed by atoms with E-state index >= 15 is 0 Å².